The average Bonchev–Trinajstić information content (AvgIpc) is 3.04. The van der Waals surface area contributed by atoms with Crippen molar-refractivity contribution < 1.29 is 27.5 Å². The van der Waals surface area contributed by atoms with Crippen molar-refractivity contribution >= 4 is 21.9 Å². The summed E-state index contributed by atoms with van der Waals surface area (Å²) in [6.45, 7) is -0.480. The number of amides is 1. The number of aliphatic carboxylic acids is 1. The SMILES string of the molecule is CN(C)S(=O)(=O)c1ccc(C(=O)N(CC(=O)O)Cc2ccccc2)o1. The maximum atomic E-state index is 12.6. The summed E-state index contributed by atoms with van der Waals surface area (Å²) in [6.07, 6.45) is 0. The summed E-state index contributed by atoms with van der Waals surface area (Å²) in [5.41, 5.74) is 0.741. The Labute approximate surface area is 145 Å². The van der Waals surface area contributed by atoms with Crippen molar-refractivity contribution in [1.82, 2.24) is 9.21 Å². The topological polar surface area (TPSA) is 108 Å². The van der Waals surface area contributed by atoms with E-state index in [4.69, 9.17) is 9.52 Å². The molecule has 1 amide bonds. The lowest BCUT2D eigenvalue weighted by molar-refractivity contribution is -0.137. The Morgan fingerprint density at radius 1 is 1.08 bits per heavy atom. The van der Waals surface area contributed by atoms with Crippen LogP contribution < -0.4 is 0 Å². The van der Waals surface area contributed by atoms with E-state index >= 15 is 0 Å². The molecule has 0 saturated heterocycles. The van der Waals surface area contributed by atoms with Crippen LogP contribution in [0, 0.1) is 0 Å². The van der Waals surface area contributed by atoms with Gasteiger partial charge in [-0.05, 0) is 17.7 Å². The third kappa shape index (κ3) is 4.46. The zero-order valence-corrected chi connectivity index (χ0v) is 14.6. The van der Waals surface area contributed by atoms with Gasteiger partial charge in [0.2, 0.25) is 5.09 Å². The summed E-state index contributed by atoms with van der Waals surface area (Å²) in [5.74, 6) is -2.12. The Morgan fingerprint density at radius 3 is 2.28 bits per heavy atom. The normalized spacial score (nSPS) is 11.5. The molecule has 9 heteroatoms. The number of furan rings is 1. The van der Waals surface area contributed by atoms with Gasteiger partial charge in [0.1, 0.15) is 6.54 Å². The summed E-state index contributed by atoms with van der Waals surface area (Å²) >= 11 is 0. The van der Waals surface area contributed by atoms with Crippen LogP contribution in [0.15, 0.2) is 52.0 Å². The maximum absolute atomic E-state index is 12.6. The fourth-order valence-corrected chi connectivity index (χ4v) is 2.87. The first-order valence-corrected chi connectivity index (χ1v) is 8.73. The Kier molecular flexibility index (Phi) is 5.60. The minimum absolute atomic E-state index is 0.0580. The van der Waals surface area contributed by atoms with Gasteiger partial charge in [0.25, 0.3) is 15.9 Å². The molecule has 1 heterocycles. The fourth-order valence-electron chi connectivity index (χ4n) is 2.08. The monoisotopic (exact) mass is 366 g/mol. The average molecular weight is 366 g/mol. The number of rotatable bonds is 7. The van der Waals surface area contributed by atoms with Crippen LogP contribution in [0.25, 0.3) is 0 Å². The van der Waals surface area contributed by atoms with Crippen molar-refractivity contribution in [2.45, 2.75) is 11.6 Å². The van der Waals surface area contributed by atoms with E-state index in [-0.39, 0.29) is 17.4 Å². The van der Waals surface area contributed by atoms with Crippen molar-refractivity contribution in [3.8, 4) is 0 Å². The number of hydrogen-bond acceptors (Lipinski definition) is 5. The molecule has 25 heavy (non-hydrogen) atoms. The third-order valence-corrected chi connectivity index (χ3v) is 5.05. The molecule has 0 unspecified atom stereocenters. The number of carboxylic acids is 1. The summed E-state index contributed by atoms with van der Waals surface area (Å²) in [7, 11) is -1.14. The summed E-state index contributed by atoms with van der Waals surface area (Å²) < 4.78 is 30.2. The van der Waals surface area contributed by atoms with Gasteiger partial charge in [-0.2, -0.15) is 0 Å². The fraction of sp³-hybridized carbons (Fsp3) is 0.250. The van der Waals surface area contributed by atoms with Crippen LogP contribution in [0.5, 0.6) is 0 Å². The molecule has 134 valence electrons. The van der Waals surface area contributed by atoms with Gasteiger partial charge in [0.05, 0.1) is 0 Å². The van der Waals surface area contributed by atoms with Crippen molar-refractivity contribution in [1.29, 1.82) is 0 Å². The van der Waals surface area contributed by atoms with Gasteiger partial charge in [-0.15, -0.1) is 0 Å². The largest absolute Gasteiger partial charge is 0.480 e. The quantitative estimate of drug-likeness (QED) is 0.790. The van der Waals surface area contributed by atoms with Gasteiger partial charge in [-0.3, -0.25) is 9.59 Å². The second-order valence-electron chi connectivity index (χ2n) is 5.45. The third-order valence-electron chi connectivity index (χ3n) is 3.36. The Balaban J connectivity index is 2.28. The summed E-state index contributed by atoms with van der Waals surface area (Å²) in [6, 6.07) is 11.2. The Bertz CT molecular complexity index is 858. The first kappa shape index (κ1) is 18.7. The molecule has 2 rings (SSSR count). The minimum Gasteiger partial charge on any atom is -0.480 e. The zero-order chi connectivity index (χ0) is 18.6. The van der Waals surface area contributed by atoms with Crippen LogP contribution in [-0.4, -0.2) is 55.2 Å². The van der Waals surface area contributed by atoms with Crippen molar-refractivity contribution in [3.63, 3.8) is 0 Å². The summed E-state index contributed by atoms with van der Waals surface area (Å²) in [5, 5.41) is 8.66. The molecular weight excluding hydrogens is 348 g/mol. The van der Waals surface area contributed by atoms with E-state index < -0.39 is 28.4 Å². The standard InChI is InChI=1S/C16H18N2O6S/c1-17(2)25(22,23)15-9-8-13(24-15)16(21)18(11-14(19)20)10-12-6-4-3-5-7-12/h3-9H,10-11H2,1-2H3,(H,19,20). The number of carboxylic acid groups (broad SMARTS) is 1. The molecule has 0 aliphatic carbocycles. The second-order valence-corrected chi connectivity index (χ2v) is 7.53. The van der Waals surface area contributed by atoms with Gasteiger partial charge in [0.15, 0.2) is 5.76 Å². The molecule has 0 radical (unpaired) electrons. The van der Waals surface area contributed by atoms with Crippen molar-refractivity contribution in [3.05, 3.63) is 53.8 Å². The molecule has 1 N–H and O–H groups in total. The zero-order valence-electron chi connectivity index (χ0n) is 13.7. The molecule has 0 bridgehead atoms. The molecular formula is C16H18N2O6S. The van der Waals surface area contributed by atoms with Gasteiger partial charge in [-0.25, -0.2) is 12.7 Å². The van der Waals surface area contributed by atoms with Gasteiger partial charge in [0, 0.05) is 20.6 Å². The highest BCUT2D eigenvalue weighted by molar-refractivity contribution is 7.88. The smallest absolute Gasteiger partial charge is 0.323 e. The molecule has 0 fully saturated rings. The Hall–Kier alpha value is -2.65. The van der Waals surface area contributed by atoms with E-state index in [0.29, 0.717) is 0 Å². The molecule has 1 aromatic heterocycles. The molecule has 2 aromatic rings. The lowest BCUT2D eigenvalue weighted by atomic mass is 10.2. The van der Waals surface area contributed by atoms with E-state index in [9.17, 15) is 18.0 Å². The van der Waals surface area contributed by atoms with E-state index in [1.165, 1.54) is 26.2 Å². The highest BCUT2D eigenvalue weighted by atomic mass is 32.2. The van der Waals surface area contributed by atoms with Crippen LogP contribution in [-0.2, 0) is 21.4 Å². The van der Waals surface area contributed by atoms with Gasteiger partial charge < -0.3 is 14.4 Å². The molecule has 0 saturated carbocycles. The number of benzene rings is 1. The predicted octanol–water partition coefficient (Wildman–Crippen LogP) is 1.26. The Morgan fingerprint density at radius 2 is 1.72 bits per heavy atom. The molecule has 0 spiro atoms. The minimum atomic E-state index is -3.82. The number of sulfonamides is 1. The maximum Gasteiger partial charge on any atom is 0.323 e. The molecule has 0 aliphatic heterocycles. The van der Waals surface area contributed by atoms with Crippen LogP contribution in [0.4, 0.5) is 0 Å². The first-order chi connectivity index (χ1) is 11.7. The van der Waals surface area contributed by atoms with Crippen LogP contribution in [0.3, 0.4) is 0 Å². The van der Waals surface area contributed by atoms with Crippen LogP contribution in [0.1, 0.15) is 16.1 Å². The van der Waals surface area contributed by atoms with E-state index in [0.717, 1.165) is 14.8 Å². The first-order valence-electron chi connectivity index (χ1n) is 7.29. The predicted molar refractivity (Wildman–Crippen MR) is 88.4 cm³/mol. The van der Waals surface area contributed by atoms with Crippen molar-refractivity contribution in [2.24, 2.45) is 0 Å². The number of carbonyl (C=O) groups excluding carboxylic acids is 1. The molecule has 1 aromatic carbocycles. The number of hydrogen-bond donors (Lipinski definition) is 1. The van der Waals surface area contributed by atoms with Gasteiger partial charge in [-0.1, -0.05) is 30.3 Å². The number of carbonyl (C=O) groups is 2. The summed E-state index contributed by atoms with van der Waals surface area (Å²) in [4.78, 5) is 24.7. The second kappa shape index (κ2) is 7.49. The van der Waals surface area contributed by atoms with E-state index in [2.05, 4.69) is 0 Å². The van der Waals surface area contributed by atoms with Crippen LogP contribution >= 0.6 is 0 Å². The van der Waals surface area contributed by atoms with Crippen molar-refractivity contribution in [2.75, 3.05) is 20.6 Å². The highest BCUT2D eigenvalue weighted by Crippen LogP contribution is 2.19. The molecule has 0 atom stereocenters. The lowest BCUT2D eigenvalue weighted by Crippen LogP contribution is -2.35. The van der Waals surface area contributed by atoms with Gasteiger partial charge >= 0.3 is 5.97 Å². The molecule has 8 nitrogen and oxygen atoms in total. The molecule has 0 aliphatic rings. The van der Waals surface area contributed by atoms with E-state index in [1.807, 2.05) is 0 Å². The van der Waals surface area contributed by atoms with Crippen LogP contribution in [0.2, 0.25) is 0 Å². The lowest BCUT2D eigenvalue weighted by Gasteiger charge is -2.19. The highest BCUT2D eigenvalue weighted by Gasteiger charge is 2.26. The number of nitrogens with zero attached hydrogens (tertiary/aromatic N) is 2. The van der Waals surface area contributed by atoms with E-state index in [1.54, 1.807) is 30.3 Å².